The van der Waals surface area contributed by atoms with Gasteiger partial charge < -0.3 is 19.4 Å². The monoisotopic (exact) mass is 613 g/mol. The predicted octanol–water partition coefficient (Wildman–Crippen LogP) is 7.27. The van der Waals surface area contributed by atoms with Gasteiger partial charge in [0.05, 0.1) is 29.7 Å². The maximum atomic E-state index is 13.8. The highest BCUT2D eigenvalue weighted by Gasteiger charge is 2.53. The first kappa shape index (κ1) is 29.0. The van der Waals surface area contributed by atoms with Gasteiger partial charge in [-0.3, -0.25) is 10.1 Å². The first-order valence-corrected chi connectivity index (χ1v) is 15.1. The van der Waals surface area contributed by atoms with E-state index in [-0.39, 0.29) is 11.6 Å². The minimum Gasteiger partial charge on any atom is -0.466 e. The van der Waals surface area contributed by atoms with Gasteiger partial charge in [0.1, 0.15) is 11.3 Å². The molecule has 0 bridgehead atoms. The maximum Gasteiger partial charge on any atom is 0.360 e. The zero-order valence-corrected chi connectivity index (χ0v) is 25.3. The lowest BCUT2D eigenvalue weighted by molar-refractivity contribution is -0.384. The van der Waals surface area contributed by atoms with Crippen molar-refractivity contribution in [3.63, 3.8) is 0 Å². The fourth-order valence-electron chi connectivity index (χ4n) is 7.30. The summed E-state index contributed by atoms with van der Waals surface area (Å²) in [6.07, 6.45) is 0. The lowest BCUT2D eigenvalue weighted by atomic mass is 9.64. The molecule has 3 heterocycles. The fraction of sp³-hybridized carbons (Fsp3) is 0.189. The Labute approximate surface area is 264 Å². The van der Waals surface area contributed by atoms with Crippen molar-refractivity contribution in [1.82, 2.24) is 4.90 Å². The normalized spacial score (nSPS) is 20.4. The van der Waals surface area contributed by atoms with Crippen molar-refractivity contribution in [2.75, 3.05) is 12.4 Å². The Balaban J connectivity index is 1.57. The molecule has 7 rings (SSSR count). The quantitative estimate of drug-likeness (QED) is 0.0920. The molecule has 230 valence electrons. The van der Waals surface area contributed by atoms with E-state index in [9.17, 15) is 19.7 Å². The van der Waals surface area contributed by atoms with Gasteiger partial charge in [-0.05, 0) is 29.7 Å². The van der Waals surface area contributed by atoms with Crippen LogP contribution in [0.4, 0.5) is 11.4 Å². The number of rotatable bonds is 6. The summed E-state index contributed by atoms with van der Waals surface area (Å²) in [6, 6.07) is 32.7. The molecule has 2 aliphatic heterocycles. The molecule has 9 nitrogen and oxygen atoms in total. The predicted molar refractivity (Wildman–Crippen MR) is 174 cm³/mol. The zero-order valence-electron chi connectivity index (χ0n) is 25.3. The fourth-order valence-corrected chi connectivity index (χ4v) is 7.30. The number of carbonyl (C=O) groups excluding carboxylic acids is 1. The van der Waals surface area contributed by atoms with Crippen molar-refractivity contribution in [2.45, 2.75) is 31.5 Å². The smallest absolute Gasteiger partial charge is 0.360 e. The van der Waals surface area contributed by atoms with Crippen LogP contribution in [0.2, 0.25) is 0 Å². The number of nitrogens with zero attached hydrogens (tertiary/aromatic N) is 2. The Bertz CT molecular complexity index is 2040. The topological polar surface area (TPSA) is 115 Å². The van der Waals surface area contributed by atoms with Crippen LogP contribution >= 0.6 is 0 Å². The number of hydrogen-bond donors (Lipinski definition) is 1. The Hall–Kier alpha value is -5.70. The van der Waals surface area contributed by atoms with Gasteiger partial charge in [-0.2, -0.15) is 0 Å². The molecule has 0 amide bonds. The number of carbonyl (C=O) groups is 1. The largest absolute Gasteiger partial charge is 0.466 e. The number of fused-ring (bicyclic) bond motifs is 5. The Kier molecular flexibility index (Phi) is 7.36. The molecule has 1 aromatic heterocycles. The molecule has 0 aliphatic carbocycles. The number of non-ortho nitro benzene ring substituents is 1. The molecule has 0 radical (unpaired) electrons. The first-order chi connectivity index (χ1) is 22.4. The summed E-state index contributed by atoms with van der Waals surface area (Å²) in [6.45, 7) is 2.40. The number of nitro groups is 1. The second-order valence-corrected chi connectivity index (χ2v) is 11.7. The third-order valence-corrected chi connectivity index (χ3v) is 9.27. The number of para-hydroxylation sites is 1. The molecule has 4 aromatic carbocycles. The van der Waals surface area contributed by atoms with Crippen LogP contribution in [-0.2, 0) is 16.1 Å². The van der Waals surface area contributed by atoms with E-state index in [0.717, 1.165) is 33.3 Å². The van der Waals surface area contributed by atoms with Crippen molar-refractivity contribution in [3.8, 4) is 0 Å². The number of hydrogen-bond acceptors (Lipinski definition) is 8. The lowest BCUT2D eigenvalue weighted by Crippen LogP contribution is -2.49. The van der Waals surface area contributed by atoms with Crippen LogP contribution in [0.1, 0.15) is 47.2 Å². The van der Waals surface area contributed by atoms with Crippen LogP contribution in [-0.4, -0.2) is 22.9 Å². The van der Waals surface area contributed by atoms with Crippen LogP contribution in [0.25, 0.3) is 11.0 Å². The SMILES string of the molecule is COC(=O)C1=C(C)N(Cc2ccccc2)[C@@H]2c3c(c(=O)oc4ccccc34)N[C@@H](c3ccc([N+](=O)[O-])cc3)[C@@H]2C1c1ccccc1. The van der Waals surface area contributed by atoms with E-state index in [0.29, 0.717) is 23.4 Å². The lowest BCUT2D eigenvalue weighted by Gasteiger charge is -2.53. The van der Waals surface area contributed by atoms with Gasteiger partial charge in [-0.15, -0.1) is 0 Å². The minimum atomic E-state index is -0.543. The maximum absolute atomic E-state index is 13.8. The van der Waals surface area contributed by atoms with Gasteiger partial charge in [0, 0.05) is 47.2 Å². The molecular formula is C37H31N3O6. The summed E-state index contributed by atoms with van der Waals surface area (Å²) in [4.78, 5) is 40.9. The summed E-state index contributed by atoms with van der Waals surface area (Å²) in [5.74, 6) is -1.27. The minimum absolute atomic E-state index is 0.0398. The first-order valence-electron chi connectivity index (χ1n) is 15.1. The highest BCUT2D eigenvalue weighted by Crippen LogP contribution is 2.59. The van der Waals surface area contributed by atoms with E-state index in [2.05, 4.69) is 10.2 Å². The molecule has 0 spiro atoms. The molecule has 0 fully saturated rings. The molecule has 9 heteroatoms. The van der Waals surface area contributed by atoms with E-state index in [1.165, 1.54) is 19.2 Å². The van der Waals surface area contributed by atoms with E-state index in [1.807, 2.05) is 85.8 Å². The number of benzene rings is 4. The highest BCUT2D eigenvalue weighted by atomic mass is 16.6. The van der Waals surface area contributed by atoms with Gasteiger partial charge in [-0.1, -0.05) is 91.0 Å². The number of nitrogens with one attached hydrogen (secondary N) is 1. The van der Waals surface area contributed by atoms with Crippen molar-refractivity contribution in [3.05, 3.63) is 163 Å². The van der Waals surface area contributed by atoms with E-state index in [1.54, 1.807) is 18.2 Å². The Morgan fingerprint density at radius 2 is 1.57 bits per heavy atom. The van der Waals surface area contributed by atoms with Gasteiger partial charge >= 0.3 is 11.6 Å². The third kappa shape index (κ3) is 4.81. The molecule has 46 heavy (non-hydrogen) atoms. The molecule has 5 aromatic rings. The van der Waals surface area contributed by atoms with Crippen molar-refractivity contribution >= 4 is 28.3 Å². The molecule has 2 aliphatic rings. The van der Waals surface area contributed by atoms with Gasteiger partial charge in [0.2, 0.25) is 0 Å². The van der Waals surface area contributed by atoms with Gasteiger partial charge in [0.15, 0.2) is 0 Å². The van der Waals surface area contributed by atoms with Crippen LogP contribution in [0.3, 0.4) is 0 Å². The Morgan fingerprint density at radius 3 is 2.24 bits per heavy atom. The average Bonchev–Trinajstić information content (AvgIpc) is 3.09. The molecule has 0 saturated heterocycles. The van der Waals surface area contributed by atoms with Crippen molar-refractivity contribution < 1.29 is 18.9 Å². The second-order valence-electron chi connectivity index (χ2n) is 11.7. The summed E-state index contributed by atoms with van der Waals surface area (Å²) >= 11 is 0. The molecule has 4 atom stereocenters. The average molecular weight is 614 g/mol. The van der Waals surface area contributed by atoms with Crippen LogP contribution in [0.15, 0.2) is 130 Å². The van der Waals surface area contributed by atoms with Crippen molar-refractivity contribution in [1.29, 1.82) is 0 Å². The third-order valence-electron chi connectivity index (χ3n) is 9.27. The van der Waals surface area contributed by atoms with Crippen molar-refractivity contribution in [2.24, 2.45) is 5.92 Å². The Morgan fingerprint density at radius 1 is 0.913 bits per heavy atom. The number of ether oxygens (including phenoxy) is 1. The molecule has 1 N–H and O–H groups in total. The number of anilines is 1. The standard InChI is InChI=1S/C37H31N3O6/c1-22-29(36(41)45-2)30(24-13-7-4-8-14-24)32-33(25-17-19-26(20-18-25)40(43)44)38-34-31(27-15-9-10-16-28(27)46-37(34)42)35(32)39(22)21-23-11-5-3-6-12-23/h3-20,30,32-33,35,38H,21H2,1-2H3/t30?,32-,33-,35+/m0/s1. The van der Waals surface area contributed by atoms with Gasteiger partial charge in [-0.25, -0.2) is 9.59 Å². The number of nitro benzene ring substituents is 1. The number of esters is 1. The molecule has 1 unspecified atom stereocenters. The second kappa shape index (κ2) is 11.7. The summed E-state index contributed by atoms with van der Waals surface area (Å²) in [5.41, 5.74) is 5.01. The summed E-state index contributed by atoms with van der Waals surface area (Å²) in [7, 11) is 1.39. The van der Waals surface area contributed by atoms with E-state index in [4.69, 9.17) is 9.15 Å². The van der Waals surface area contributed by atoms with E-state index >= 15 is 0 Å². The van der Waals surface area contributed by atoms with E-state index < -0.39 is 34.5 Å². The van der Waals surface area contributed by atoms with Crippen LogP contribution < -0.4 is 10.9 Å². The number of allylic oxidation sites excluding steroid dienone is 1. The summed E-state index contributed by atoms with van der Waals surface area (Å²) in [5, 5.41) is 15.9. The summed E-state index contributed by atoms with van der Waals surface area (Å²) < 4.78 is 11.3. The molecule has 0 saturated carbocycles. The van der Waals surface area contributed by atoms with Crippen LogP contribution in [0, 0.1) is 16.0 Å². The van der Waals surface area contributed by atoms with Gasteiger partial charge in [0.25, 0.3) is 5.69 Å². The van der Waals surface area contributed by atoms with Crippen LogP contribution in [0.5, 0.6) is 0 Å². The number of methoxy groups -OCH3 is 1. The highest BCUT2D eigenvalue weighted by molar-refractivity contribution is 5.92. The zero-order chi connectivity index (χ0) is 31.9. The molecular weight excluding hydrogens is 582 g/mol.